The van der Waals surface area contributed by atoms with E-state index in [1.165, 1.54) is 0 Å². The van der Waals surface area contributed by atoms with Crippen LogP contribution in [-0.2, 0) is 20.3 Å². The average Bonchev–Trinajstić information content (AvgIpc) is 2.69. The van der Waals surface area contributed by atoms with Crippen molar-refractivity contribution < 1.29 is 13.2 Å². The number of pyridine rings is 1. The largest absolute Gasteiger partial charge is 0.339 e. The first-order valence-electron chi connectivity index (χ1n) is 6.46. The van der Waals surface area contributed by atoms with E-state index < -0.39 is 9.05 Å². The highest BCUT2D eigenvalue weighted by molar-refractivity contribution is 8.13. The van der Waals surface area contributed by atoms with E-state index in [0.717, 1.165) is 5.56 Å². The van der Waals surface area contributed by atoms with Crippen molar-refractivity contribution >= 4 is 25.6 Å². The molecule has 0 radical (unpaired) electrons. The molecular weight excluding hydrogens is 300 g/mol. The number of amides is 1. The fourth-order valence-corrected chi connectivity index (χ4v) is 3.92. The second-order valence-electron chi connectivity index (χ2n) is 5.24. The van der Waals surface area contributed by atoms with Gasteiger partial charge in [-0.25, -0.2) is 8.42 Å². The van der Waals surface area contributed by atoms with Crippen molar-refractivity contribution in [1.82, 2.24) is 9.88 Å². The number of likely N-dealkylation sites (tertiary alicyclic amines) is 1. The Morgan fingerprint density at radius 2 is 2.30 bits per heavy atom. The first kappa shape index (κ1) is 15.3. The number of hydrogen-bond acceptors (Lipinski definition) is 4. The maximum absolute atomic E-state index is 12.0. The molecule has 2 atom stereocenters. The van der Waals surface area contributed by atoms with Crippen molar-refractivity contribution in [2.24, 2.45) is 5.92 Å². The molecule has 2 unspecified atom stereocenters. The Morgan fingerprint density at radius 3 is 2.90 bits per heavy atom. The molecule has 0 saturated carbocycles. The van der Waals surface area contributed by atoms with E-state index in [4.69, 9.17) is 10.7 Å². The standard InChI is InChI=1S/C13H17ClN2O3S/c1-10(5-11-3-2-4-15-7-11)16-8-12(6-13(16)17)9-20(14,18)19/h2-4,7,10,12H,5-6,8-9H2,1H3. The lowest BCUT2D eigenvalue weighted by atomic mass is 10.1. The van der Waals surface area contributed by atoms with E-state index >= 15 is 0 Å². The molecule has 2 rings (SSSR count). The summed E-state index contributed by atoms with van der Waals surface area (Å²) in [5, 5.41) is 0. The first-order valence-corrected chi connectivity index (χ1v) is 8.93. The molecule has 110 valence electrons. The van der Waals surface area contributed by atoms with Gasteiger partial charge in [-0.05, 0) is 25.0 Å². The molecule has 7 heteroatoms. The lowest BCUT2D eigenvalue weighted by Crippen LogP contribution is -2.36. The molecular formula is C13H17ClN2O3S. The van der Waals surface area contributed by atoms with E-state index in [-0.39, 0.29) is 30.0 Å². The summed E-state index contributed by atoms with van der Waals surface area (Å²) in [7, 11) is 1.70. The zero-order valence-electron chi connectivity index (χ0n) is 11.2. The number of halogens is 1. The van der Waals surface area contributed by atoms with E-state index in [2.05, 4.69) is 4.98 Å². The molecule has 1 saturated heterocycles. The minimum absolute atomic E-state index is 0.00768. The Hall–Kier alpha value is -1.14. The van der Waals surface area contributed by atoms with Crippen LogP contribution in [0, 0.1) is 5.92 Å². The predicted octanol–water partition coefficient (Wildman–Crippen LogP) is 1.43. The average molecular weight is 317 g/mol. The number of rotatable bonds is 5. The molecule has 0 aromatic carbocycles. The summed E-state index contributed by atoms with van der Waals surface area (Å²) in [6, 6.07) is 3.84. The maximum Gasteiger partial charge on any atom is 0.232 e. The van der Waals surface area contributed by atoms with Crippen LogP contribution < -0.4 is 0 Å². The van der Waals surface area contributed by atoms with Crippen LogP contribution in [0.2, 0.25) is 0 Å². The van der Waals surface area contributed by atoms with Crippen molar-refractivity contribution in [3.63, 3.8) is 0 Å². The quantitative estimate of drug-likeness (QED) is 0.771. The van der Waals surface area contributed by atoms with Gasteiger partial charge in [-0.2, -0.15) is 0 Å². The van der Waals surface area contributed by atoms with Crippen LogP contribution in [0.25, 0.3) is 0 Å². The highest BCUT2D eigenvalue weighted by Gasteiger charge is 2.34. The third-order valence-electron chi connectivity index (χ3n) is 3.46. The smallest absolute Gasteiger partial charge is 0.232 e. The maximum atomic E-state index is 12.0. The zero-order chi connectivity index (χ0) is 14.8. The normalized spacial score (nSPS) is 21.2. The fraction of sp³-hybridized carbons (Fsp3) is 0.538. The Morgan fingerprint density at radius 1 is 1.55 bits per heavy atom. The van der Waals surface area contributed by atoms with Crippen molar-refractivity contribution in [2.75, 3.05) is 12.3 Å². The van der Waals surface area contributed by atoms with Crippen LogP contribution >= 0.6 is 10.7 Å². The van der Waals surface area contributed by atoms with Crippen molar-refractivity contribution in [3.8, 4) is 0 Å². The van der Waals surface area contributed by atoms with E-state index in [1.807, 2.05) is 19.1 Å². The summed E-state index contributed by atoms with van der Waals surface area (Å²) in [6.07, 6.45) is 4.44. The molecule has 1 aromatic heterocycles. The van der Waals surface area contributed by atoms with Gasteiger partial charge in [-0.1, -0.05) is 6.07 Å². The highest BCUT2D eigenvalue weighted by Crippen LogP contribution is 2.24. The molecule has 1 amide bonds. The van der Waals surface area contributed by atoms with E-state index in [0.29, 0.717) is 13.0 Å². The molecule has 0 aliphatic carbocycles. The Balaban J connectivity index is 1.97. The minimum Gasteiger partial charge on any atom is -0.339 e. The Bertz CT molecular complexity index is 577. The van der Waals surface area contributed by atoms with Crippen molar-refractivity contribution in [3.05, 3.63) is 30.1 Å². The monoisotopic (exact) mass is 316 g/mol. The van der Waals surface area contributed by atoms with E-state index in [1.54, 1.807) is 17.3 Å². The second-order valence-corrected chi connectivity index (χ2v) is 8.06. The van der Waals surface area contributed by atoms with Gasteiger partial charge in [0.2, 0.25) is 15.0 Å². The van der Waals surface area contributed by atoms with Crippen LogP contribution in [-0.4, -0.2) is 42.5 Å². The second kappa shape index (κ2) is 6.10. The number of hydrogen-bond donors (Lipinski definition) is 0. The summed E-state index contributed by atoms with van der Waals surface area (Å²) in [5.41, 5.74) is 1.06. The predicted molar refractivity (Wildman–Crippen MR) is 76.9 cm³/mol. The number of aromatic nitrogens is 1. The third kappa shape index (κ3) is 4.18. The molecule has 5 nitrogen and oxygen atoms in total. The van der Waals surface area contributed by atoms with Gasteiger partial charge in [0.1, 0.15) is 0 Å². The lowest BCUT2D eigenvalue weighted by Gasteiger charge is -2.24. The van der Waals surface area contributed by atoms with Crippen molar-refractivity contribution in [2.45, 2.75) is 25.8 Å². The molecule has 0 N–H and O–H groups in total. The number of carbonyl (C=O) groups excluding carboxylic acids is 1. The van der Waals surface area contributed by atoms with Gasteiger partial charge in [0.15, 0.2) is 0 Å². The van der Waals surface area contributed by atoms with E-state index in [9.17, 15) is 13.2 Å². The van der Waals surface area contributed by atoms with Gasteiger partial charge in [0.05, 0.1) is 5.75 Å². The molecule has 20 heavy (non-hydrogen) atoms. The van der Waals surface area contributed by atoms with Crippen LogP contribution in [0.1, 0.15) is 18.9 Å². The summed E-state index contributed by atoms with van der Waals surface area (Å²) in [5.74, 6) is -0.357. The van der Waals surface area contributed by atoms with Gasteiger partial charge in [0, 0.05) is 48.0 Å². The van der Waals surface area contributed by atoms with Gasteiger partial charge in [0.25, 0.3) is 0 Å². The molecule has 0 bridgehead atoms. The minimum atomic E-state index is -3.56. The molecule has 1 aliphatic heterocycles. The highest BCUT2D eigenvalue weighted by atomic mass is 35.7. The summed E-state index contributed by atoms with van der Waals surface area (Å²) in [4.78, 5) is 17.8. The Kier molecular flexibility index (Phi) is 4.65. The number of carbonyl (C=O) groups is 1. The molecule has 1 aromatic rings. The van der Waals surface area contributed by atoms with Crippen molar-refractivity contribution in [1.29, 1.82) is 0 Å². The Labute approximate surface area is 123 Å². The summed E-state index contributed by atoms with van der Waals surface area (Å²) < 4.78 is 22.2. The third-order valence-corrected chi connectivity index (χ3v) is 4.71. The van der Waals surface area contributed by atoms with Crippen LogP contribution in [0.4, 0.5) is 0 Å². The van der Waals surface area contributed by atoms with Crippen LogP contribution in [0.5, 0.6) is 0 Å². The molecule has 2 heterocycles. The van der Waals surface area contributed by atoms with Crippen LogP contribution in [0.15, 0.2) is 24.5 Å². The zero-order valence-corrected chi connectivity index (χ0v) is 12.8. The number of nitrogens with zero attached hydrogens (tertiary/aromatic N) is 2. The first-order chi connectivity index (χ1) is 9.35. The van der Waals surface area contributed by atoms with Gasteiger partial charge >= 0.3 is 0 Å². The van der Waals surface area contributed by atoms with Crippen LogP contribution in [0.3, 0.4) is 0 Å². The van der Waals surface area contributed by atoms with Gasteiger partial charge in [-0.3, -0.25) is 9.78 Å². The van der Waals surface area contributed by atoms with Gasteiger partial charge < -0.3 is 4.90 Å². The molecule has 1 aliphatic rings. The topological polar surface area (TPSA) is 67.3 Å². The molecule has 1 fully saturated rings. The van der Waals surface area contributed by atoms with Gasteiger partial charge in [-0.15, -0.1) is 0 Å². The fourth-order valence-electron chi connectivity index (χ4n) is 2.60. The summed E-state index contributed by atoms with van der Waals surface area (Å²) >= 11 is 0. The molecule has 0 spiro atoms. The lowest BCUT2D eigenvalue weighted by molar-refractivity contribution is -0.129. The summed E-state index contributed by atoms with van der Waals surface area (Å²) in [6.45, 7) is 2.41. The SMILES string of the molecule is CC(Cc1cccnc1)N1CC(CS(=O)(=O)Cl)CC1=O.